The van der Waals surface area contributed by atoms with Gasteiger partial charge in [0.25, 0.3) is 0 Å². The van der Waals surface area contributed by atoms with Crippen LogP contribution in [0.4, 0.5) is 0 Å². The molecule has 3 saturated heterocycles. The first-order valence-corrected chi connectivity index (χ1v) is 10.4. The Morgan fingerprint density at radius 3 is 2.86 bits per heavy atom. The number of methoxy groups -OCH3 is 1. The first kappa shape index (κ1) is 19.2. The molecule has 0 amide bonds. The lowest BCUT2D eigenvalue weighted by Gasteiger charge is -2.44. The van der Waals surface area contributed by atoms with Crippen molar-refractivity contribution in [3.05, 3.63) is 29.8 Å². The zero-order valence-electron chi connectivity index (χ0n) is 16.5. The van der Waals surface area contributed by atoms with Gasteiger partial charge in [-0.05, 0) is 44.8 Å². The first-order chi connectivity index (χ1) is 13.7. The number of cyclic esters (lactones) is 1. The number of hydrogen-bond donors (Lipinski definition) is 0. The summed E-state index contributed by atoms with van der Waals surface area (Å²) in [6.45, 7) is 2.76. The molecule has 3 fully saturated rings. The van der Waals surface area contributed by atoms with Crippen LogP contribution >= 0.6 is 0 Å². The molecule has 0 radical (unpaired) electrons. The van der Waals surface area contributed by atoms with Crippen LogP contribution in [0.3, 0.4) is 0 Å². The van der Waals surface area contributed by atoms with Crippen molar-refractivity contribution in [3.63, 3.8) is 0 Å². The predicted molar refractivity (Wildman–Crippen MR) is 103 cm³/mol. The van der Waals surface area contributed by atoms with Gasteiger partial charge in [-0.1, -0.05) is 24.6 Å². The Hall–Kier alpha value is -2.08. The molecule has 3 aliphatic heterocycles. The lowest BCUT2D eigenvalue weighted by molar-refractivity contribution is -0.153. The van der Waals surface area contributed by atoms with Gasteiger partial charge in [0, 0.05) is 17.5 Å². The molecule has 0 unspecified atom stereocenters. The van der Waals surface area contributed by atoms with Crippen molar-refractivity contribution in [1.82, 2.24) is 4.90 Å². The summed E-state index contributed by atoms with van der Waals surface area (Å²) < 4.78 is 16.6. The second kappa shape index (κ2) is 8.52. The van der Waals surface area contributed by atoms with Crippen LogP contribution < -0.4 is 4.74 Å². The van der Waals surface area contributed by atoms with Crippen LogP contribution in [0.15, 0.2) is 24.3 Å². The lowest BCUT2D eigenvalue weighted by Crippen LogP contribution is -2.49. The van der Waals surface area contributed by atoms with E-state index >= 15 is 0 Å². The van der Waals surface area contributed by atoms with Crippen molar-refractivity contribution in [3.8, 4) is 5.75 Å². The van der Waals surface area contributed by atoms with Gasteiger partial charge < -0.3 is 14.2 Å². The molecule has 1 aromatic carbocycles. The molecule has 0 aliphatic carbocycles. The maximum absolute atomic E-state index is 12.9. The molecule has 4 rings (SSSR count). The van der Waals surface area contributed by atoms with Gasteiger partial charge in [-0.25, -0.2) is 0 Å². The molecule has 0 bridgehead atoms. The van der Waals surface area contributed by atoms with Gasteiger partial charge in [0.2, 0.25) is 0 Å². The van der Waals surface area contributed by atoms with Crippen LogP contribution in [0.1, 0.15) is 50.2 Å². The highest BCUT2D eigenvalue weighted by atomic mass is 16.6. The summed E-state index contributed by atoms with van der Waals surface area (Å²) in [5, 5.41) is 0. The quantitative estimate of drug-likeness (QED) is 0.724. The Kier molecular flexibility index (Phi) is 5.85. The van der Waals surface area contributed by atoms with E-state index < -0.39 is 12.0 Å². The van der Waals surface area contributed by atoms with E-state index in [9.17, 15) is 9.59 Å². The standard InChI is InChI=1S/C22H29NO5/c1-26-19-10-3-2-8-16(19)21-17(13-20(24)28-21)22(25)27-14-15-7-6-12-23-11-5-4-9-18(15)23/h2-3,8,10,15,17-18,21H,4-7,9,11-14H2,1H3/t15-,17+,18-,21-/m1/s1. The number of carbonyl (C=O) groups is 2. The number of fused-ring (bicyclic) bond motifs is 1. The Bertz CT molecular complexity index is 719. The number of esters is 2. The van der Waals surface area contributed by atoms with E-state index in [4.69, 9.17) is 14.2 Å². The van der Waals surface area contributed by atoms with Crippen molar-refractivity contribution in [2.24, 2.45) is 11.8 Å². The van der Waals surface area contributed by atoms with Gasteiger partial charge in [0.15, 0.2) is 0 Å². The zero-order chi connectivity index (χ0) is 19.5. The smallest absolute Gasteiger partial charge is 0.313 e. The average molecular weight is 387 g/mol. The monoisotopic (exact) mass is 387 g/mol. The van der Waals surface area contributed by atoms with Crippen LogP contribution in [-0.2, 0) is 19.1 Å². The second-order valence-corrected chi connectivity index (χ2v) is 8.09. The van der Waals surface area contributed by atoms with Gasteiger partial charge in [-0.15, -0.1) is 0 Å². The molecule has 3 heterocycles. The Labute approximate surface area is 166 Å². The molecule has 0 aromatic heterocycles. The van der Waals surface area contributed by atoms with E-state index in [0.29, 0.717) is 29.9 Å². The summed E-state index contributed by atoms with van der Waals surface area (Å²) in [5.74, 6) is -0.315. The third-order valence-electron chi connectivity index (χ3n) is 6.43. The fourth-order valence-corrected chi connectivity index (χ4v) is 5.01. The highest BCUT2D eigenvalue weighted by Gasteiger charge is 2.43. The first-order valence-electron chi connectivity index (χ1n) is 10.4. The molecule has 3 aliphatic rings. The number of ether oxygens (including phenoxy) is 3. The van der Waals surface area contributed by atoms with Crippen LogP contribution in [0.25, 0.3) is 0 Å². The van der Waals surface area contributed by atoms with E-state index in [0.717, 1.165) is 25.9 Å². The number of nitrogens with zero attached hydrogens (tertiary/aromatic N) is 1. The fourth-order valence-electron chi connectivity index (χ4n) is 5.01. The van der Waals surface area contributed by atoms with E-state index in [1.54, 1.807) is 7.11 Å². The molecule has 0 saturated carbocycles. The maximum Gasteiger partial charge on any atom is 0.313 e. The summed E-state index contributed by atoms with van der Waals surface area (Å²) in [5.41, 5.74) is 0.717. The minimum atomic E-state index is -0.645. The van der Waals surface area contributed by atoms with Crippen LogP contribution in [0, 0.1) is 11.8 Å². The number of piperidine rings is 2. The lowest BCUT2D eigenvalue weighted by atomic mass is 9.84. The number of hydrogen-bond acceptors (Lipinski definition) is 6. The molecule has 0 N–H and O–H groups in total. The van der Waals surface area contributed by atoms with Crippen molar-refractivity contribution in [2.75, 3.05) is 26.8 Å². The second-order valence-electron chi connectivity index (χ2n) is 8.09. The predicted octanol–water partition coefficient (Wildman–Crippen LogP) is 3.11. The normalized spacial score (nSPS) is 30.4. The minimum absolute atomic E-state index is 0.0573. The summed E-state index contributed by atoms with van der Waals surface area (Å²) in [4.78, 5) is 27.4. The summed E-state index contributed by atoms with van der Waals surface area (Å²) in [7, 11) is 1.57. The number of carbonyl (C=O) groups excluding carboxylic acids is 2. The molecule has 4 atom stereocenters. The van der Waals surface area contributed by atoms with E-state index in [-0.39, 0.29) is 18.4 Å². The number of para-hydroxylation sites is 1. The van der Waals surface area contributed by atoms with Gasteiger partial charge >= 0.3 is 11.9 Å². The van der Waals surface area contributed by atoms with Crippen molar-refractivity contribution >= 4 is 11.9 Å². The molecule has 152 valence electrons. The third kappa shape index (κ3) is 3.88. The molecule has 6 nitrogen and oxygen atoms in total. The van der Waals surface area contributed by atoms with E-state index in [1.165, 1.54) is 19.3 Å². The van der Waals surface area contributed by atoms with Crippen LogP contribution in [0.5, 0.6) is 5.75 Å². The average Bonchev–Trinajstić information content (AvgIpc) is 3.13. The Balaban J connectivity index is 1.42. The molecule has 0 spiro atoms. The van der Waals surface area contributed by atoms with Crippen molar-refractivity contribution in [2.45, 2.75) is 50.7 Å². The summed E-state index contributed by atoms with van der Waals surface area (Å²) in [6, 6.07) is 7.88. The minimum Gasteiger partial charge on any atom is -0.496 e. The summed E-state index contributed by atoms with van der Waals surface area (Å²) in [6.07, 6.45) is 5.39. The molecule has 6 heteroatoms. The van der Waals surface area contributed by atoms with Gasteiger partial charge in [0.05, 0.1) is 20.1 Å². The molecule has 1 aromatic rings. The van der Waals surface area contributed by atoms with Crippen LogP contribution in [0.2, 0.25) is 0 Å². The van der Waals surface area contributed by atoms with Gasteiger partial charge in [0.1, 0.15) is 17.8 Å². The van der Waals surface area contributed by atoms with Crippen molar-refractivity contribution in [1.29, 1.82) is 0 Å². The molecule has 28 heavy (non-hydrogen) atoms. The molecular weight excluding hydrogens is 358 g/mol. The fraction of sp³-hybridized carbons (Fsp3) is 0.636. The summed E-state index contributed by atoms with van der Waals surface area (Å²) >= 11 is 0. The Morgan fingerprint density at radius 1 is 1.18 bits per heavy atom. The van der Waals surface area contributed by atoms with Crippen molar-refractivity contribution < 1.29 is 23.8 Å². The number of benzene rings is 1. The van der Waals surface area contributed by atoms with Gasteiger partial charge in [-0.2, -0.15) is 0 Å². The largest absolute Gasteiger partial charge is 0.496 e. The topological polar surface area (TPSA) is 65.1 Å². The SMILES string of the molecule is COc1ccccc1[C@H]1OC(=O)C[C@@H]1C(=O)OC[C@H]1CCCN2CCCC[C@H]12. The highest BCUT2D eigenvalue weighted by Crippen LogP contribution is 2.40. The third-order valence-corrected chi connectivity index (χ3v) is 6.43. The van der Waals surface area contributed by atoms with Crippen LogP contribution in [-0.4, -0.2) is 49.7 Å². The van der Waals surface area contributed by atoms with E-state index in [1.807, 2.05) is 24.3 Å². The highest BCUT2D eigenvalue weighted by molar-refractivity contribution is 5.84. The van der Waals surface area contributed by atoms with E-state index in [2.05, 4.69) is 4.90 Å². The van der Waals surface area contributed by atoms with Gasteiger partial charge in [-0.3, -0.25) is 14.5 Å². The Morgan fingerprint density at radius 2 is 2.00 bits per heavy atom. The number of rotatable bonds is 5. The zero-order valence-corrected chi connectivity index (χ0v) is 16.5. The molecular formula is C22H29NO5. The maximum atomic E-state index is 12.9.